The lowest BCUT2D eigenvalue weighted by Crippen LogP contribution is -2.43. The Morgan fingerprint density at radius 3 is 2.53 bits per heavy atom. The highest BCUT2D eigenvalue weighted by Crippen LogP contribution is 2.31. The van der Waals surface area contributed by atoms with Crippen molar-refractivity contribution in [1.29, 1.82) is 0 Å². The van der Waals surface area contributed by atoms with Crippen LogP contribution in [0, 0.1) is 0 Å². The van der Waals surface area contributed by atoms with Crippen LogP contribution in [0.4, 0.5) is 15.7 Å². The van der Waals surface area contributed by atoms with E-state index in [4.69, 9.17) is 9.47 Å². The second-order valence-electron chi connectivity index (χ2n) is 8.44. The third kappa shape index (κ3) is 6.25. The van der Waals surface area contributed by atoms with Crippen LogP contribution >= 0.6 is 11.3 Å². The molecule has 3 heterocycles. The van der Waals surface area contributed by atoms with E-state index >= 15 is 0 Å². The molecule has 11 nitrogen and oxygen atoms in total. The Balaban J connectivity index is 1.55. The van der Waals surface area contributed by atoms with Crippen LogP contribution < -0.4 is 25.0 Å². The average molecular weight is 492 g/mol. The van der Waals surface area contributed by atoms with E-state index in [1.54, 1.807) is 13.2 Å². The maximum Gasteiger partial charge on any atom is 0.321 e. The summed E-state index contributed by atoms with van der Waals surface area (Å²) >= 11 is 1.43. The highest BCUT2D eigenvalue weighted by molar-refractivity contribution is 7.15. The number of aromatic nitrogens is 3. The van der Waals surface area contributed by atoms with Crippen molar-refractivity contribution in [1.82, 2.24) is 25.2 Å². The molecule has 1 aliphatic heterocycles. The van der Waals surface area contributed by atoms with Gasteiger partial charge in [-0.25, -0.2) is 9.78 Å². The standard InChI is InChI=1S/C22H33N7O4S/c1-13(2)29(14(3)4)19(30)7-9-23-20(31)27-22-24-15-8-10-28(12-16(15)34-22)17-11-18(32-5)26-21(25-17)33-6/h11,13-14H,7-10,12H2,1-6H3,(H2,23,24,27,31). The highest BCUT2D eigenvalue weighted by Gasteiger charge is 2.24. The largest absolute Gasteiger partial charge is 0.481 e. The molecule has 2 aromatic rings. The van der Waals surface area contributed by atoms with Gasteiger partial charge in [0.05, 0.1) is 26.5 Å². The highest BCUT2D eigenvalue weighted by atomic mass is 32.1. The summed E-state index contributed by atoms with van der Waals surface area (Å²) in [4.78, 5) is 42.9. The van der Waals surface area contributed by atoms with Crippen LogP contribution in [-0.2, 0) is 17.8 Å². The number of thiazole rings is 1. The van der Waals surface area contributed by atoms with Gasteiger partial charge in [-0.1, -0.05) is 11.3 Å². The number of amides is 3. The number of nitrogens with zero attached hydrogens (tertiary/aromatic N) is 5. The van der Waals surface area contributed by atoms with Crippen molar-refractivity contribution >= 4 is 34.2 Å². The Hall–Kier alpha value is -3.15. The smallest absolute Gasteiger partial charge is 0.321 e. The Bertz CT molecular complexity index is 981. The molecule has 3 rings (SSSR count). The second kappa shape index (κ2) is 11.3. The number of carbonyl (C=O) groups is 2. The minimum absolute atomic E-state index is 0.0214. The zero-order valence-electron chi connectivity index (χ0n) is 20.5. The zero-order valence-corrected chi connectivity index (χ0v) is 21.4. The minimum atomic E-state index is -0.373. The number of hydrogen-bond donors (Lipinski definition) is 2. The van der Waals surface area contributed by atoms with Crippen molar-refractivity contribution < 1.29 is 19.1 Å². The Labute approximate surface area is 203 Å². The zero-order chi connectivity index (χ0) is 24.8. The first-order valence-corrected chi connectivity index (χ1v) is 12.1. The molecule has 2 aromatic heterocycles. The van der Waals surface area contributed by atoms with Crippen molar-refractivity contribution in [3.8, 4) is 11.9 Å². The molecular formula is C22H33N7O4S. The molecule has 0 saturated heterocycles. The lowest BCUT2D eigenvalue weighted by Gasteiger charge is -2.30. The molecule has 0 radical (unpaired) electrons. The van der Waals surface area contributed by atoms with E-state index in [1.807, 2.05) is 32.6 Å². The summed E-state index contributed by atoms with van der Waals surface area (Å²) in [7, 11) is 3.06. The van der Waals surface area contributed by atoms with Crippen LogP contribution in [0.2, 0.25) is 0 Å². The molecule has 186 valence electrons. The van der Waals surface area contributed by atoms with Crippen LogP contribution in [0.25, 0.3) is 0 Å². The molecule has 0 aliphatic carbocycles. The molecule has 0 aromatic carbocycles. The molecule has 12 heteroatoms. The molecular weight excluding hydrogens is 458 g/mol. The molecule has 0 bridgehead atoms. The van der Waals surface area contributed by atoms with E-state index in [1.165, 1.54) is 18.4 Å². The number of anilines is 2. The van der Waals surface area contributed by atoms with E-state index in [-0.39, 0.29) is 43.0 Å². The SMILES string of the molecule is COc1cc(N2CCc3nc(NC(=O)NCCC(=O)N(C(C)C)C(C)C)sc3C2)nc(OC)n1. The molecule has 0 fully saturated rings. The topological polar surface area (TPSA) is 122 Å². The number of urea groups is 1. The van der Waals surface area contributed by atoms with Gasteiger partial charge in [-0.3, -0.25) is 10.1 Å². The number of hydrogen-bond acceptors (Lipinski definition) is 9. The van der Waals surface area contributed by atoms with E-state index in [9.17, 15) is 9.59 Å². The van der Waals surface area contributed by atoms with Crippen LogP contribution in [0.1, 0.15) is 44.7 Å². The average Bonchev–Trinajstić information content (AvgIpc) is 3.19. The molecule has 0 spiro atoms. The third-order valence-electron chi connectivity index (χ3n) is 5.36. The number of methoxy groups -OCH3 is 2. The van der Waals surface area contributed by atoms with Gasteiger partial charge in [0.25, 0.3) is 0 Å². The third-order valence-corrected chi connectivity index (χ3v) is 6.36. The second-order valence-corrected chi connectivity index (χ2v) is 9.52. The Morgan fingerprint density at radius 2 is 1.88 bits per heavy atom. The maximum absolute atomic E-state index is 12.4. The maximum atomic E-state index is 12.4. The molecule has 1 aliphatic rings. The first kappa shape index (κ1) is 25.5. The van der Waals surface area contributed by atoms with Gasteiger partial charge in [-0.15, -0.1) is 0 Å². The van der Waals surface area contributed by atoms with Crippen molar-refractivity contribution in [2.75, 3.05) is 37.5 Å². The fraction of sp³-hybridized carbons (Fsp3) is 0.591. The van der Waals surface area contributed by atoms with Gasteiger partial charge < -0.3 is 24.6 Å². The number of fused-ring (bicyclic) bond motifs is 1. The van der Waals surface area contributed by atoms with E-state index < -0.39 is 0 Å². The summed E-state index contributed by atoms with van der Waals surface area (Å²) in [6, 6.07) is 1.87. The molecule has 3 amide bonds. The summed E-state index contributed by atoms with van der Waals surface area (Å²) in [5, 5.41) is 6.06. The summed E-state index contributed by atoms with van der Waals surface area (Å²) in [6.07, 6.45) is 0.970. The number of carbonyl (C=O) groups excluding carboxylic acids is 2. The van der Waals surface area contributed by atoms with Crippen molar-refractivity contribution in [3.05, 3.63) is 16.6 Å². The molecule has 2 N–H and O–H groups in total. The quantitative estimate of drug-likeness (QED) is 0.549. The number of ether oxygens (including phenoxy) is 2. The minimum Gasteiger partial charge on any atom is -0.481 e. The van der Waals surface area contributed by atoms with Gasteiger partial charge >= 0.3 is 12.0 Å². The number of rotatable bonds is 9. The van der Waals surface area contributed by atoms with Gasteiger partial charge in [0, 0.05) is 49.0 Å². The monoisotopic (exact) mass is 491 g/mol. The summed E-state index contributed by atoms with van der Waals surface area (Å²) in [5.41, 5.74) is 0.962. The lowest BCUT2D eigenvalue weighted by molar-refractivity contribution is -0.134. The summed E-state index contributed by atoms with van der Waals surface area (Å²) in [6.45, 7) is 9.53. The van der Waals surface area contributed by atoms with Crippen LogP contribution in [0.15, 0.2) is 6.07 Å². The molecule has 0 unspecified atom stereocenters. The predicted octanol–water partition coefficient (Wildman–Crippen LogP) is 2.67. The van der Waals surface area contributed by atoms with Crippen molar-refractivity contribution in [2.45, 2.75) is 59.2 Å². The molecule has 34 heavy (non-hydrogen) atoms. The van der Waals surface area contributed by atoms with Crippen LogP contribution in [0.5, 0.6) is 11.9 Å². The molecule has 0 atom stereocenters. The van der Waals surface area contributed by atoms with E-state index in [0.29, 0.717) is 23.4 Å². The van der Waals surface area contributed by atoms with Crippen molar-refractivity contribution in [2.24, 2.45) is 0 Å². The first-order chi connectivity index (χ1) is 16.2. The summed E-state index contributed by atoms with van der Waals surface area (Å²) < 4.78 is 10.4. The van der Waals surface area contributed by atoms with E-state index in [0.717, 1.165) is 23.5 Å². The molecule has 0 saturated carbocycles. The van der Waals surface area contributed by atoms with Gasteiger partial charge in [0.15, 0.2) is 5.13 Å². The van der Waals surface area contributed by atoms with Gasteiger partial charge in [-0.2, -0.15) is 9.97 Å². The Morgan fingerprint density at radius 1 is 1.15 bits per heavy atom. The Kier molecular flexibility index (Phi) is 8.48. The van der Waals surface area contributed by atoms with E-state index in [2.05, 4.69) is 30.5 Å². The lowest BCUT2D eigenvalue weighted by atomic mass is 10.2. The predicted molar refractivity (Wildman–Crippen MR) is 131 cm³/mol. The van der Waals surface area contributed by atoms with Gasteiger partial charge in [0.1, 0.15) is 5.82 Å². The van der Waals surface area contributed by atoms with Crippen molar-refractivity contribution in [3.63, 3.8) is 0 Å². The normalized spacial score (nSPS) is 13.0. The van der Waals surface area contributed by atoms with Crippen LogP contribution in [-0.4, -0.2) is 71.2 Å². The number of nitrogens with one attached hydrogen (secondary N) is 2. The first-order valence-electron chi connectivity index (χ1n) is 11.3. The fourth-order valence-electron chi connectivity index (χ4n) is 3.92. The fourth-order valence-corrected chi connectivity index (χ4v) is 4.94. The summed E-state index contributed by atoms with van der Waals surface area (Å²) in [5.74, 6) is 1.16. The van der Waals surface area contributed by atoms with Gasteiger partial charge in [0.2, 0.25) is 11.8 Å². The van der Waals surface area contributed by atoms with Gasteiger partial charge in [-0.05, 0) is 27.7 Å². The van der Waals surface area contributed by atoms with Crippen LogP contribution in [0.3, 0.4) is 0 Å².